The highest BCUT2D eigenvalue weighted by Gasteiger charge is 2.43. The molecule has 3 rings (SSSR count). The molecule has 1 saturated heterocycles. The molecule has 2 aromatic carbocycles. The summed E-state index contributed by atoms with van der Waals surface area (Å²) in [6.45, 7) is -0.505. The van der Waals surface area contributed by atoms with Gasteiger partial charge in [0, 0.05) is 5.02 Å². The number of phenolic OH excluding ortho intramolecular Hbond substituents is 2. The van der Waals surface area contributed by atoms with Crippen LogP contribution in [-0.4, -0.2) is 61.7 Å². The van der Waals surface area contributed by atoms with Crippen LogP contribution in [0.5, 0.6) is 11.5 Å². The first kappa shape index (κ1) is 19.9. The molecule has 0 spiro atoms. The number of aromatic hydroxyl groups is 2. The van der Waals surface area contributed by atoms with Crippen molar-refractivity contribution < 1.29 is 35.4 Å². The van der Waals surface area contributed by atoms with Crippen molar-refractivity contribution in [3.8, 4) is 11.5 Å². The number of aliphatic hydroxyl groups excluding tert-OH is 4. The van der Waals surface area contributed by atoms with Crippen LogP contribution < -0.4 is 0 Å². The molecule has 0 aromatic heterocycles. The zero-order valence-electron chi connectivity index (χ0n) is 14.2. The van der Waals surface area contributed by atoms with Gasteiger partial charge in [-0.15, -0.1) is 0 Å². The SMILES string of the molecule is OC[C@H]1O[C@@H](c2ccc(Cl)c(Cc3ccc(O)c(O)c3)c2)[C@H](O)[C@@H](O)[C@@H]1O. The average molecular weight is 397 g/mol. The molecule has 2 aromatic rings. The Morgan fingerprint density at radius 1 is 0.889 bits per heavy atom. The van der Waals surface area contributed by atoms with E-state index in [1.807, 2.05) is 0 Å². The summed E-state index contributed by atoms with van der Waals surface area (Å²) < 4.78 is 5.57. The van der Waals surface area contributed by atoms with Crippen molar-refractivity contribution >= 4 is 11.6 Å². The number of hydrogen-bond donors (Lipinski definition) is 6. The average Bonchev–Trinajstić information content (AvgIpc) is 2.65. The van der Waals surface area contributed by atoms with E-state index in [1.165, 1.54) is 12.1 Å². The van der Waals surface area contributed by atoms with E-state index in [4.69, 9.17) is 16.3 Å². The van der Waals surface area contributed by atoms with E-state index < -0.39 is 37.1 Å². The van der Waals surface area contributed by atoms with Gasteiger partial charge in [-0.25, -0.2) is 0 Å². The number of rotatable bonds is 4. The Labute approximate surface area is 160 Å². The number of aliphatic hydroxyl groups is 4. The fourth-order valence-corrected chi connectivity index (χ4v) is 3.37. The summed E-state index contributed by atoms with van der Waals surface area (Å²) in [5.74, 6) is -0.464. The van der Waals surface area contributed by atoms with Gasteiger partial charge in [0.15, 0.2) is 11.5 Å². The second-order valence-electron chi connectivity index (χ2n) is 6.60. The summed E-state index contributed by atoms with van der Waals surface area (Å²) in [6.07, 6.45) is -5.87. The van der Waals surface area contributed by atoms with Crippen LogP contribution in [0.25, 0.3) is 0 Å². The van der Waals surface area contributed by atoms with Gasteiger partial charge in [-0.05, 0) is 41.3 Å². The smallest absolute Gasteiger partial charge is 0.157 e. The zero-order valence-corrected chi connectivity index (χ0v) is 15.0. The van der Waals surface area contributed by atoms with E-state index in [-0.39, 0.29) is 11.5 Å². The quantitative estimate of drug-likeness (QED) is 0.422. The summed E-state index contributed by atoms with van der Waals surface area (Å²) >= 11 is 6.26. The van der Waals surface area contributed by atoms with E-state index in [0.29, 0.717) is 28.1 Å². The lowest BCUT2D eigenvalue weighted by Gasteiger charge is -2.40. The van der Waals surface area contributed by atoms with Crippen LogP contribution in [0.2, 0.25) is 5.02 Å². The van der Waals surface area contributed by atoms with Crippen molar-refractivity contribution in [1.29, 1.82) is 0 Å². The van der Waals surface area contributed by atoms with Gasteiger partial charge >= 0.3 is 0 Å². The Hall–Kier alpha value is -1.87. The lowest BCUT2D eigenvalue weighted by atomic mass is 9.90. The molecule has 1 aliphatic heterocycles. The normalized spacial score (nSPS) is 28.3. The lowest BCUT2D eigenvalue weighted by molar-refractivity contribution is -0.231. The van der Waals surface area contributed by atoms with Crippen LogP contribution in [0.1, 0.15) is 22.8 Å². The van der Waals surface area contributed by atoms with Gasteiger partial charge in [0.25, 0.3) is 0 Å². The molecular formula is C19H21ClO7. The molecule has 7 nitrogen and oxygen atoms in total. The van der Waals surface area contributed by atoms with Crippen molar-refractivity contribution in [2.24, 2.45) is 0 Å². The molecule has 0 aliphatic carbocycles. The van der Waals surface area contributed by atoms with Crippen LogP contribution in [0.15, 0.2) is 36.4 Å². The number of halogens is 1. The fourth-order valence-electron chi connectivity index (χ4n) is 3.18. The highest BCUT2D eigenvalue weighted by molar-refractivity contribution is 6.31. The number of ether oxygens (including phenoxy) is 1. The topological polar surface area (TPSA) is 131 Å². The summed E-state index contributed by atoms with van der Waals surface area (Å²) in [5, 5.41) is 59.0. The van der Waals surface area contributed by atoms with Gasteiger partial charge in [-0.2, -0.15) is 0 Å². The molecule has 0 unspecified atom stereocenters. The fraction of sp³-hybridized carbons (Fsp3) is 0.368. The van der Waals surface area contributed by atoms with Crippen molar-refractivity contribution in [1.82, 2.24) is 0 Å². The van der Waals surface area contributed by atoms with Gasteiger partial charge < -0.3 is 35.4 Å². The van der Waals surface area contributed by atoms with Crippen LogP contribution in [-0.2, 0) is 11.2 Å². The Kier molecular flexibility index (Phi) is 5.90. The first-order valence-corrected chi connectivity index (χ1v) is 8.79. The van der Waals surface area contributed by atoms with Crippen molar-refractivity contribution in [2.45, 2.75) is 36.9 Å². The predicted octanol–water partition coefficient (Wildman–Crippen LogP) is 0.857. The molecule has 0 bridgehead atoms. The van der Waals surface area contributed by atoms with Crippen molar-refractivity contribution in [2.75, 3.05) is 6.61 Å². The molecule has 0 saturated carbocycles. The first-order chi connectivity index (χ1) is 12.8. The highest BCUT2D eigenvalue weighted by Crippen LogP contribution is 2.35. The molecular weight excluding hydrogens is 376 g/mol. The Morgan fingerprint density at radius 2 is 1.63 bits per heavy atom. The van der Waals surface area contributed by atoms with E-state index in [1.54, 1.807) is 24.3 Å². The maximum Gasteiger partial charge on any atom is 0.157 e. The molecule has 1 fully saturated rings. The molecule has 146 valence electrons. The standard InChI is InChI=1S/C19H21ClO7/c20-12-3-2-10(19-18(26)17(25)16(24)15(8-21)27-19)7-11(12)5-9-1-4-13(22)14(23)6-9/h1-4,6-7,15-19,21-26H,5,8H2/t15-,16-,17+,18-,19+/m1/s1. The summed E-state index contributed by atoms with van der Waals surface area (Å²) in [5.41, 5.74) is 1.91. The summed E-state index contributed by atoms with van der Waals surface area (Å²) in [7, 11) is 0. The van der Waals surface area contributed by atoms with Gasteiger partial charge in [-0.3, -0.25) is 0 Å². The van der Waals surface area contributed by atoms with Gasteiger partial charge in [0.05, 0.1) is 6.61 Å². The van der Waals surface area contributed by atoms with Gasteiger partial charge in [0.2, 0.25) is 0 Å². The van der Waals surface area contributed by atoms with E-state index >= 15 is 0 Å². The van der Waals surface area contributed by atoms with Crippen molar-refractivity contribution in [3.05, 3.63) is 58.1 Å². The number of phenols is 2. The third-order valence-electron chi connectivity index (χ3n) is 4.72. The maximum atomic E-state index is 10.3. The zero-order chi connectivity index (χ0) is 19.7. The monoisotopic (exact) mass is 396 g/mol. The Morgan fingerprint density at radius 3 is 2.30 bits per heavy atom. The lowest BCUT2D eigenvalue weighted by Crippen LogP contribution is -2.55. The van der Waals surface area contributed by atoms with Crippen LogP contribution in [0, 0.1) is 0 Å². The van der Waals surface area contributed by atoms with Crippen LogP contribution >= 0.6 is 11.6 Å². The molecule has 5 atom stereocenters. The predicted molar refractivity (Wildman–Crippen MR) is 96.7 cm³/mol. The summed E-state index contributed by atoms with van der Waals surface area (Å²) in [4.78, 5) is 0. The molecule has 1 aliphatic rings. The minimum absolute atomic E-state index is 0.222. The van der Waals surface area contributed by atoms with Crippen molar-refractivity contribution in [3.63, 3.8) is 0 Å². The Bertz CT molecular complexity index is 811. The van der Waals surface area contributed by atoms with Gasteiger partial charge in [-0.1, -0.05) is 29.8 Å². The third kappa shape index (κ3) is 4.03. The molecule has 1 heterocycles. The second-order valence-corrected chi connectivity index (χ2v) is 7.01. The highest BCUT2D eigenvalue weighted by atomic mass is 35.5. The molecule has 0 amide bonds. The second kappa shape index (κ2) is 8.02. The van der Waals surface area contributed by atoms with E-state index in [9.17, 15) is 30.6 Å². The minimum Gasteiger partial charge on any atom is -0.504 e. The van der Waals surface area contributed by atoms with Crippen LogP contribution in [0.3, 0.4) is 0 Å². The number of hydrogen-bond acceptors (Lipinski definition) is 7. The molecule has 27 heavy (non-hydrogen) atoms. The first-order valence-electron chi connectivity index (χ1n) is 8.41. The Balaban J connectivity index is 1.89. The number of benzene rings is 2. The minimum atomic E-state index is -1.46. The third-order valence-corrected chi connectivity index (χ3v) is 5.09. The molecule has 0 radical (unpaired) electrons. The molecule has 6 N–H and O–H groups in total. The van der Waals surface area contributed by atoms with Gasteiger partial charge in [0.1, 0.15) is 30.5 Å². The maximum absolute atomic E-state index is 10.3. The largest absolute Gasteiger partial charge is 0.504 e. The summed E-state index contributed by atoms with van der Waals surface area (Å²) in [6, 6.07) is 9.39. The molecule has 8 heteroatoms. The van der Waals surface area contributed by atoms with E-state index in [0.717, 1.165) is 0 Å². The van der Waals surface area contributed by atoms with Crippen LogP contribution in [0.4, 0.5) is 0 Å². The van der Waals surface area contributed by atoms with E-state index in [2.05, 4.69) is 0 Å².